The Balaban J connectivity index is 2.55. The normalized spacial score (nSPS) is 24.5. The molecule has 0 radical (unpaired) electrons. The van der Waals surface area contributed by atoms with Gasteiger partial charge in [0.25, 0.3) is 0 Å². The van der Waals surface area contributed by atoms with Gasteiger partial charge in [0.15, 0.2) is 5.78 Å². The minimum Gasteiger partial charge on any atom is -0.461 e. The third-order valence-corrected chi connectivity index (χ3v) is 3.14. The summed E-state index contributed by atoms with van der Waals surface area (Å²) in [5.41, 5.74) is -0.287. The Morgan fingerprint density at radius 1 is 1.28 bits per heavy atom. The number of nitrogens with zero attached hydrogens (tertiary/aromatic N) is 1. The molecule has 0 unspecified atom stereocenters. The van der Waals surface area contributed by atoms with E-state index in [4.69, 9.17) is 21.2 Å². The molecular weight excluding hydrogens is 258 g/mol. The highest BCUT2D eigenvalue weighted by Crippen LogP contribution is 2.24. The number of carbonyl (C=O) groups excluding carboxylic acids is 2. The van der Waals surface area contributed by atoms with Crippen LogP contribution in [-0.2, 0) is 19.2 Å². The summed E-state index contributed by atoms with van der Waals surface area (Å²) in [6, 6.07) is 0. The van der Waals surface area contributed by atoms with Gasteiger partial charge >= 0.3 is 5.97 Å². The second-order valence-corrected chi connectivity index (χ2v) is 4.81. The van der Waals surface area contributed by atoms with Crippen molar-refractivity contribution in [1.82, 2.24) is 0 Å². The predicted octanol–water partition coefficient (Wildman–Crippen LogP) is 2.06. The molecule has 0 spiro atoms. The van der Waals surface area contributed by atoms with Crippen LogP contribution in [0.5, 0.6) is 0 Å². The first kappa shape index (κ1) is 15.0. The van der Waals surface area contributed by atoms with E-state index >= 15 is 0 Å². The molecule has 6 heteroatoms. The number of oxime groups is 1. The molecule has 0 N–H and O–H groups in total. The van der Waals surface area contributed by atoms with E-state index in [0.29, 0.717) is 0 Å². The smallest absolute Gasteiger partial charge is 0.364 e. The fourth-order valence-corrected chi connectivity index (χ4v) is 1.95. The van der Waals surface area contributed by atoms with Gasteiger partial charge in [-0.1, -0.05) is 5.16 Å². The zero-order valence-electron chi connectivity index (χ0n) is 10.6. The second kappa shape index (κ2) is 7.36. The number of ketones is 1. The summed E-state index contributed by atoms with van der Waals surface area (Å²) in [7, 11) is 0. The second-order valence-electron chi connectivity index (χ2n) is 4.20. The van der Waals surface area contributed by atoms with Crippen molar-refractivity contribution in [3.8, 4) is 0 Å². The maximum absolute atomic E-state index is 11.4. The number of ether oxygens (including phenoxy) is 1. The molecule has 0 bridgehead atoms. The average Bonchev–Trinajstić information content (AvgIpc) is 2.31. The molecule has 0 saturated heterocycles. The molecule has 102 valence electrons. The van der Waals surface area contributed by atoms with Gasteiger partial charge in [-0.05, 0) is 32.6 Å². The van der Waals surface area contributed by atoms with Crippen LogP contribution < -0.4 is 0 Å². The Labute approximate surface area is 111 Å². The van der Waals surface area contributed by atoms with Crippen molar-refractivity contribution in [2.75, 3.05) is 6.61 Å². The zero-order valence-corrected chi connectivity index (χ0v) is 11.4. The van der Waals surface area contributed by atoms with E-state index in [1.54, 1.807) is 6.92 Å². The van der Waals surface area contributed by atoms with Crippen molar-refractivity contribution >= 4 is 29.1 Å². The van der Waals surface area contributed by atoms with E-state index in [0.717, 1.165) is 25.7 Å². The number of hydrogen-bond acceptors (Lipinski definition) is 5. The third-order valence-electron chi connectivity index (χ3n) is 2.70. The maximum atomic E-state index is 11.4. The van der Waals surface area contributed by atoms with E-state index in [-0.39, 0.29) is 23.8 Å². The van der Waals surface area contributed by atoms with Gasteiger partial charge in [0.05, 0.1) is 6.61 Å². The molecule has 5 nitrogen and oxygen atoms in total. The Hall–Kier alpha value is -1.10. The lowest BCUT2D eigenvalue weighted by atomic mass is 9.97. The van der Waals surface area contributed by atoms with Crippen LogP contribution in [0.25, 0.3) is 0 Å². The van der Waals surface area contributed by atoms with Crippen molar-refractivity contribution in [3.05, 3.63) is 0 Å². The Kier molecular flexibility index (Phi) is 6.12. The molecule has 1 aliphatic carbocycles. The van der Waals surface area contributed by atoms with Gasteiger partial charge < -0.3 is 9.57 Å². The molecular formula is C12H18ClNO4. The van der Waals surface area contributed by atoms with Crippen molar-refractivity contribution in [1.29, 1.82) is 0 Å². The minimum absolute atomic E-state index is 0.0798. The Morgan fingerprint density at radius 3 is 2.39 bits per heavy atom. The van der Waals surface area contributed by atoms with E-state index in [1.165, 1.54) is 6.92 Å². The van der Waals surface area contributed by atoms with Crippen LogP contribution in [0, 0.1) is 0 Å². The number of hydrogen-bond donors (Lipinski definition) is 0. The zero-order chi connectivity index (χ0) is 13.5. The van der Waals surface area contributed by atoms with E-state index in [1.807, 2.05) is 0 Å². The van der Waals surface area contributed by atoms with Crippen LogP contribution in [0.2, 0.25) is 0 Å². The quantitative estimate of drug-likeness (QED) is 0.253. The summed E-state index contributed by atoms with van der Waals surface area (Å²) in [4.78, 5) is 27.9. The standard InChI is InChI=1S/C12H18ClNO4/c1-3-17-12(16)11(8(2)15)14-18-10-6-4-9(13)5-7-10/h9-10H,3-7H2,1-2H3/b14-11+. The highest BCUT2D eigenvalue weighted by atomic mass is 35.5. The van der Waals surface area contributed by atoms with Gasteiger partial charge in [-0.15, -0.1) is 11.6 Å². The lowest BCUT2D eigenvalue weighted by Crippen LogP contribution is -2.27. The first-order valence-corrected chi connectivity index (χ1v) is 6.54. The molecule has 0 amide bonds. The van der Waals surface area contributed by atoms with Crippen LogP contribution in [0.1, 0.15) is 39.5 Å². The fourth-order valence-electron chi connectivity index (χ4n) is 1.70. The minimum atomic E-state index is -0.740. The Bertz CT molecular complexity index is 335. The highest BCUT2D eigenvalue weighted by Gasteiger charge is 2.23. The van der Waals surface area contributed by atoms with Gasteiger partial charge in [-0.25, -0.2) is 4.79 Å². The molecule has 1 aliphatic rings. The van der Waals surface area contributed by atoms with Gasteiger partial charge in [-0.3, -0.25) is 4.79 Å². The van der Waals surface area contributed by atoms with Crippen LogP contribution in [-0.4, -0.2) is 35.6 Å². The molecule has 18 heavy (non-hydrogen) atoms. The van der Waals surface area contributed by atoms with Gasteiger partial charge in [0.1, 0.15) is 6.10 Å². The summed E-state index contributed by atoms with van der Waals surface area (Å²) in [6.45, 7) is 3.12. The molecule has 1 saturated carbocycles. The fraction of sp³-hybridized carbons (Fsp3) is 0.750. The van der Waals surface area contributed by atoms with Gasteiger partial charge in [0, 0.05) is 12.3 Å². The summed E-state index contributed by atoms with van der Waals surface area (Å²) < 4.78 is 4.73. The van der Waals surface area contributed by atoms with Crippen molar-refractivity contribution in [2.45, 2.75) is 51.0 Å². The summed E-state index contributed by atoms with van der Waals surface area (Å²) in [6.07, 6.45) is 3.20. The van der Waals surface area contributed by atoms with Crippen LogP contribution in [0.3, 0.4) is 0 Å². The monoisotopic (exact) mass is 275 g/mol. The van der Waals surface area contributed by atoms with Gasteiger partial charge in [-0.2, -0.15) is 0 Å². The number of alkyl halides is 1. The van der Waals surface area contributed by atoms with E-state index < -0.39 is 11.8 Å². The van der Waals surface area contributed by atoms with Crippen LogP contribution in [0.15, 0.2) is 5.16 Å². The summed E-state index contributed by atoms with van der Waals surface area (Å²) in [5, 5.41) is 3.83. The van der Waals surface area contributed by atoms with Crippen LogP contribution in [0.4, 0.5) is 0 Å². The van der Waals surface area contributed by atoms with E-state index in [9.17, 15) is 9.59 Å². The third kappa shape index (κ3) is 4.64. The molecule has 0 atom stereocenters. The number of rotatable bonds is 5. The first-order chi connectivity index (χ1) is 8.54. The number of halogens is 1. The van der Waals surface area contributed by atoms with Crippen molar-refractivity contribution < 1.29 is 19.2 Å². The Morgan fingerprint density at radius 2 is 1.89 bits per heavy atom. The van der Waals surface area contributed by atoms with Crippen LogP contribution >= 0.6 is 11.6 Å². The molecule has 0 aliphatic heterocycles. The SMILES string of the molecule is CCOC(=O)/C(=N/OC1CCC(Cl)CC1)C(C)=O. The topological polar surface area (TPSA) is 65.0 Å². The van der Waals surface area contributed by atoms with Gasteiger partial charge in [0.2, 0.25) is 5.71 Å². The van der Waals surface area contributed by atoms with Crippen molar-refractivity contribution in [3.63, 3.8) is 0 Å². The maximum Gasteiger partial charge on any atom is 0.364 e. The lowest BCUT2D eigenvalue weighted by molar-refractivity contribution is -0.136. The predicted molar refractivity (Wildman–Crippen MR) is 67.7 cm³/mol. The average molecular weight is 276 g/mol. The summed E-state index contributed by atoms with van der Waals surface area (Å²) >= 11 is 5.97. The molecule has 0 heterocycles. The lowest BCUT2D eigenvalue weighted by Gasteiger charge is -2.23. The molecule has 1 fully saturated rings. The van der Waals surface area contributed by atoms with E-state index in [2.05, 4.69) is 5.16 Å². The first-order valence-electron chi connectivity index (χ1n) is 6.10. The largest absolute Gasteiger partial charge is 0.461 e. The molecule has 0 aromatic rings. The van der Waals surface area contributed by atoms with Crippen molar-refractivity contribution in [2.24, 2.45) is 5.16 Å². The molecule has 0 aromatic carbocycles. The molecule has 1 rings (SSSR count). The molecule has 0 aromatic heterocycles. The number of Topliss-reactive ketones (excluding diaryl/α,β-unsaturated/α-hetero) is 1. The number of esters is 1. The number of carbonyl (C=O) groups is 2. The summed E-state index contributed by atoms with van der Waals surface area (Å²) in [5.74, 6) is -1.20. The highest BCUT2D eigenvalue weighted by molar-refractivity contribution is 6.63.